The highest BCUT2D eigenvalue weighted by Gasteiger charge is 2.16. The quantitative estimate of drug-likeness (QED) is 0.485. The number of aromatic nitrogens is 1. The summed E-state index contributed by atoms with van der Waals surface area (Å²) in [6, 6.07) is 17.0. The van der Waals surface area contributed by atoms with Crippen molar-refractivity contribution in [1.82, 2.24) is 4.98 Å². The summed E-state index contributed by atoms with van der Waals surface area (Å²) >= 11 is 1.58. The van der Waals surface area contributed by atoms with E-state index in [4.69, 9.17) is 10.00 Å². The van der Waals surface area contributed by atoms with Crippen LogP contribution < -0.4 is 4.74 Å². The zero-order valence-electron chi connectivity index (χ0n) is 12.8. The predicted octanol–water partition coefficient (Wildman–Crippen LogP) is 4.80. The zero-order chi connectivity index (χ0) is 17.6. The Morgan fingerprint density at radius 3 is 2.36 bits per heavy atom. The average Bonchev–Trinajstić information content (AvgIpc) is 2.64. The first-order chi connectivity index (χ1) is 12.2. The van der Waals surface area contributed by atoms with Crippen molar-refractivity contribution in [3.05, 3.63) is 82.7 Å². The predicted molar refractivity (Wildman–Crippen MR) is 92.7 cm³/mol. The summed E-state index contributed by atoms with van der Waals surface area (Å²) in [6.45, 7) is 0. The Balaban J connectivity index is 1.78. The number of benzene rings is 2. The summed E-state index contributed by atoms with van der Waals surface area (Å²) in [7, 11) is 0. The van der Waals surface area contributed by atoms with Crippen LogP contribution in [0.25, 0.3) is 0 Å². The van der Waals surface area contributed by atoms with Gasteiger partial charge in [0.15, 0.2) is 0 Å². The Morgan fingerprint density at radius 1 is 1.04 bits per heavy atom. The second-order valence-electron chi connectivity index (χ2n) is 4.91. The molecule has 0 atom stereocenters. The molecule has 6 nitrogen and oxygen atoms in total. The Kier molecular flexibility index (Phi) is 4.92. The van der Waals surface area contributed by atoms with Crippen LogP contribution in [0.3, 0.4) is 0 Å². The fourth-order valence-corrected chi connectivity index (χ4v) is 2.86. The lowest BCUT2D eigenvalue weighted by Crippen LogP contribution is -1.94. The lowest BCUT2D eigenvalue weighted by molar-refractivity contribution is -0.385. The number of nitriles is 1. The highest BCUT2D eigenvalue weighted by atomic mass is 32.2. The molecular weight excluding hydrogens is 338 g/mol. The van der Waals surface area contributed by atoms with Crippen molar-refractivity contribution in [2.75, 3.05) is 0 Å². The number of pyridine rings is 1. The Hall–Kier alpha value is -3.37. The molecular formula is C18H11N3O3S. The molecule has 0 aliphatic heterocycles. The van der Waals surface area contributed by atoms with Gasteiger partial charge < -0.3 is 4.74 Å². The molecule has 2 aromatic carbocycles. The van der Waals surface area contributed by atoms with Crippen LogP contribution in [-0.4, -0.2) is 9.91 Å². The third-order valence-electron chi connectivity index (χ3n) is 3.22. The maximum Gasteiger partial charge on any atom is 0.312 e. The highest BCUT2D eigenvalue weighted by Crippen LogP contribution is 2.34. The minimum Gasteiger partial charge on any atom is -0.450 e. The number of nitro benzene ring substituents is 1. The molecule has 0 N–H and O–H groups in total. The standard InChI is InChI=1S/C18H11N3O3S/c19-12-13-1-6-18(17(11-13)21(22)23)24-14-2-4-15(5-3-14)25-16-7-9-20-10-8-16/h1-11H. The molecule has 0 aliphatic rings. The lowest BCUT2D eigenvalue weighted by atomic mass is 10.2. The van der Waals surface area contributed by atoms with Crippen molar-refractivity contribution in [2.45, 2.75) is 9.79 Å². The van der Waals surface area contributed by atoms with E-state index in [1.807, 2.05) is 30.3 Å². The van der Waals surface area contributed by atoms with Gasteiger partial charge in [-0.05, 0) is 48.5 Å². The number of nitrogens with zero attached hydrogens (tertiary/aromatic N) is 3. The second-order valence-corrected chi connectivity index (χ2v) is 6.06. The van der Waals surface area contributed by atoms with Gasteiger partial charge in [0.05, 0.1) is 16.6 Å². The zero-order valence-corrected chi connectivity index (χ0v) is 13.6. The second kappa shape index (κ2) is 7.47. The van der Waals surface area contributed by atoms with Gasteiger partial charge in [0, 0.05) is 28.3 Å². The van der Waals surface area contributed by atoms with Gasteiger partial charge in [-0.1, -0.05) is 11.8 Å². The molecule has 0 radical (unpaired) electrons. The molecule has 0 spiro atoms. The van der Waals surface area contributed by atoms with Gasteiger partial charge in [-0.25, -0.2) is 0 Å². The van der Waals surface area contributed by atoms with Crippen molar-refractivity contribution in [1.29, 1.82) is 5.26 Å². The third-order valence-corrected chi connectivity index (χ3v) is 4.24. The van der Waals surface area contributed by atoms with E-state index in [1.165, 1.54) is 18.2 Å². The maximum absolute atomic E-state index is 11.1. The molecule has 0 amide bonds. The van der Waals surface area contributed by atoms with Crippen molar-refractivity contribution < 1.29 is 9.66 Å². The minimum absolute atomic E-state index is 0.0959. The summed E-state index contributed by atoms with van der Waals surface area (Å²) < 4.78 is 5.61. The van der Waals surface area contributed by atoms with E-state index in [9.17, 15) is 10.1 Å². The number of nitro groups is 1. The van der Waals surface area contributed by atoms with E-state index in [-0.39, 0.29) is 17.0 Å². The molecule has 7 heteroatoms. The molecule has 1 heterocycles. The molecule has 122 valence electrons. The number of hydrogen-bond acceptors (Lipinski definition) is 6. The Morgan fingerprint density at radius 2 is 1.72 bits per heavy atom. The number of hydrogen-bond donors (Lipinski definition) is 0. The molecule has 1 aromatic heterocycles. The van der Waals surface area contributed by atoms with Gasteiger partial charge >= 0.3 is 5.69 Å². The molecule has 3 rings (SSSR count). The van der Waals surface area contributed by atoms with Gasteiger partial charge in [-0.15, -0.1) is 0 Å². The van der Waals surface area contributed by atoms with Crippen LogP contribution in [0.5, 0.6) is 11.5 Å². The van der Waals surface area contributed by atoms with E-state index < -0.39 is 4.92 Å². The van der Waals surface area contributed by atoms with Crippen molar-refractivity contribution in [3.8, 4) is 17.6 Å². The van der Waals surface area contributed by atoms with Crippen LogP contribution >= 0.6 is 11.8 Å². The number of rotatable bonds is 5. The fraction of sp³-hybridized carbons (Fsp3) is 0. The molecule has 25 heavy (non-hydrogen) atoms. The maximum atomic E-state index is 11.1. The SMILES string of the molecule is N#Cc1ccc(Oc2ccc(Sc3ccncc3)cc2)c([N+](=O)[O-])c1. The molecule has 0 fully saturated rings. The molecule has 3 aromatic rings. The normalized spacial score (nSPS) is 10.0. The van der Waals surface area contributed by atoms with Gasteiger partial charge in [-0.3, -0.25) is 15.1 Å². The average molecular weight is 349 g/mol. The smallest absolute Gasteiger partial charge is 0.312 e. The van der Waals surface area contributed by atoms with Crippen molar-refractivity contribution in [3.63, 3.8) is 0 Å². The summed E-state index contributed by atoms with van der Waals surface area (Å²) in [5.41, 5.74) is -0.0302. The molecule has 0 saturated heterocycles. The van der Waals surface area contributed by atoms with E-state index in [2.05, 4.69) is 4.98 Å². The highest BCUT2D eigenvalue weighted by molar-refractivity contribution is 7.99. The van der Waals surface area contributed by atoms with Gasteiger partial charge in [0.2, 0.25) is 5.75 Å². The van der Waals surface area contributed by atoms with E-state index in [0.29, 0.717) is 5.75 Å². The van der Waals surface area contributed by atoms with Gasteiger partial charge in [0.25, 0.3) is 0 Å². The fourth-order valence-electron chi connectivity index (χ4n) is 2.06. The topological polar surface area (TPSA) is 89.0 Å². The monoisotopic (exact) mass is 349 g/mol. The summed E-state index contributed by atoms with van der Waals surface area (Å²) in [6.07, 6.45) is 3.45. The van der Waals surface area contributed by atoms with Crippen LogP contribution in [0, 0.1) is 21.4 Å². The Bertz CT molecular complexity index is 938. The summed E-state index contributed by atoms with van der Waals surface area (Å²) in [4.78, 5) is 16.6. The van der Waals surface area contributed by atoms with Crippen LogP contribution in [0.4, 0.5) is 5.69 Å². The largest absolute Gasteiger partial charge is 0.450 e. The first-order valence-corrected chi connectivity index (χ1v) is 8.02. The minimum atomic E-state index is -0.566. The van der Waals surface area contributed by atoms with E-state index >= 15 is 0 Å². The molecule has 0 aliphatic carbocycles. The van der Waals surface area contributed by atoms with Crippen molar-refractivity contribution in [2.24, 2.45) is 0 Å². The summed E-state index contributed by atoms with van der Waals surface area (Å²) in [5.74, 6) is 0.574. The number of ether oxygens (including phenoxy) is 1. The van der Waals surface area contributed by atoms with Gasteiger partial charge in [-0.2, -0.15) is 5.26 Å². The summed E-state index contributed by atoms with van der Waals surface area (Å²) in [5, 5.41) is 20.0. The van der Waals surface area contributed by atoms with Crippen LogP contribution in [0.15, 0.2) is 76.8 Å². The van der Waals surface area contributed by atoms with Crippen LogP contribution in [-0.2, 0) is 0 Å². The van der Waals surface area contributed by atoms with Crippen molar-refractivity contribution >= 4 is 17.4 Å². The van der Waals surface area contributed by atoms with Crippen LogP contribution in [0.1, 0.15) is 5.56 Å². The lowest BCUT2D eigenvalue weighted by Gasteiger charge is -2.07. The van der Waals surface area contributed by atoms with Gasteiger partial charge in [0.1, 0.15) is 5.75 Å². The first kappa shape index (κ1) is 16.5. The molecule has 0 unspecified atom stereocenters. The molecule has 0 bridgehead atoms. The van der Waals surface area contributed by atoms with Crippen LogP contribution in [0.2, 0.25) is 0 Å². The first-order valence-electron chi connectivity index (χ1n) is 7.20. The Labute approximate surface area is 147 Å². The van der Waals surface area contributed by atoms with E-state index in [1.54, 1.807) is 36.3 Å². The third kappa shape index (κ3) is 4.13. The molecule has 0 saturated carbocycles. The van der Waals surface area contributed by atoms with E-state index in [0.717, 1.165) is 9.79 Å².